The average molecular weight is 447 g/mol. The number of nitrogens with one attached hydrogen (secondary N) is 2. The minimum atomic E-state index is 0.359. The molecule has 1 aromatic carbocycles. The predicted molar refractivity (Wildman–Crippen MR) is 132 cm³/mol. The Hall–Kier alpha value is -2.19. The molecule has 32 heavy (non-hydrogen) atoms. The summed E-state index contributed by atoms with van der Waals surface area (Å²) in [7, 11) is 5.59. The molecule has 2 aliphatic heterocycles. The van der Waals surface area contributed by atoms with E-state index < -0.39 is 0 Å². The van der Waals surface area contributed by atoms with Crippen LogP contribution in [-0.2, 0) is 0 Å². The Morgan fingerprint density at radius 3 is 2.41 bits per heavy atom. The quantitative estimate of drug-likeness (QED) is 0.442. The number of nitrogens with zero attached hydrogens (tertiary/aromatic N) is 4. The summed E-state index contributed by atoms with van der Waals surface area (Å²) in [6.07, 6.45) is 1.07. The Balaban J connectivity index is 1.52. The third kappa shape index (κ3) is 7.17. The highest BCUT2D eigenvalue weighted by Gasteiger charge is 2.24. The van der Waals surface area contributed by atoms with Crippen LogP contribution in [0.4, 0.5) is 5.69 Å². The van der Waals surface area contributed by atoms with Crippen molar-refractivity contribution in [3.8, 4) is 11.5 Å². The van der Waals surface area contributed by atoms with Gasteiger partial charge in [0.2, 0.25) is 0 Å². The third-order valence-corrected chi connectivity index (χ3v) is 6.30. The Morgan fingerprint density at radius 2 is 1.78 bits per heavy atom. The fourth-order valence-electron chi connectivity index (χ4n) is 4.38. The van der Waals surface area contributed by atoms with Crippen molar-refractivity contribution in [2.24, 2.45) is 10.9 Å². The molecule has 2 saturated heterocycles. The van der Waals surface area contributed by atoms with E-state index in [1.165, 1.54) is 0 Å². The molecule has 8 heteroatoms. The van der Waals surface area contributed by atoms with E-state index in [1.807, 2.05) is 6.07 Å². The molecule has 1 aromatic rings. The van der Waals surface area contributed by atoms with Gasteiger partial charge in [0.15, 0.2) is 5.96 Å². The molecule has 0 spiro atoms. The van der Waals surface area contributed by atoms with Crippen LogP contribution in [0.1, 0.15) is 20.3 Å². The fourth-order valence-corrected chi connectivity index (χ4v) is 4.38. The topological polar surface area (TPSA) is 64.6 Å². The van der Waals surface area contributed by atoms with Crippen LogP contribution in [0.2, 0.25) is 0 Å². The van der Waals surface area contributed by atoms with Crippen molar-refractivity contribution >= 4 is 11.6 Å². The number of ether oxygens (including phenoxy) is 2. The van der Waals surface area contributed by atoms with Crippen molar-refractivity contribution in [1.82, 2.24) is 20.4 Å². The summed E-state index contributed by atoms with van der Waals surface area (Å²) in [6, 6.07) is 6.42. The molecule has 2 unspecified atom stereocenters. The second-order valence-electron chi connectivity index (χ2n) is 9.08. The first-order valence-corrected chi connectivity index (χ1v) is 11.9. The van der Waals surface area contributed by atoms with Gasteiger partial charge in [-0.3, -0.25) is 4.99 Å². The van der Waals surface area contributed by atoms with E-state index in [0.29, 0.717) is 12.0 Å². The maximum atomic E-state index is 5.44. The van der Waals surface area contributed by atoms with Gasteiger partial charge in [0, 0.05) is 88.8 Å². The minimum absolute atomic E-state index is 0.359. The number of benzene rings is 1. The van der Waals surface area contributed by atoms with Crippen molar-refractivity contribution in [2.45, 2.75) is 26.3 Å². The smallest absolute Gasteiger partial charge is 0.191 e. The number of likely N-dealkylation sites (N-methyl/N-ethyl adjacent to an activating group) is 1. The SMILES string of the molecule is CCNC(=NCC(C)CN1CCN(C)CC1)NC1CCN(c2cc(OC)cc(OC)c2)C1. The lowest BCUT2D eigenvalue weighted by Crippen LogP contribution is -2.46. The van der Waals surface area contributed by atoms with Gasteiger partial charge in [0.1, 0.15) is 11.5 Å². The number of rotatable bonds is 9. The monoisotopic (exact) mass is 446 g/mol. The zero-order chi connectivity index (χ0) is 22.9. The van der Waals surface area contributed by atoms with Crippen LogP contribution in [0.25, 0.3) is 0 Å². The van der Waals surface area contributed by atoms with E-state index in [1.54, 1.807) is 14.2 Å². The lowest BCUT2D eigenvalue weighted by molar-refractivity contribution is 0.140. The molecule has 0 radical (unpaired) electrons. The van der Waals surface area contributed by atoms with Crippen LogP contribution in [-0.4, -0.2) is 102 Å². The Labute approximate surface area is 193 Å². The van der Waals surface area contributed by atoms with Crippen LogP contribution in [0.15, 0.2) is 23.2 Å². The molecule has 8 nitrogen and oxygen atoms in total. The van der Waals surface area contributed by atoms with Crippen molar-refractivity contribution in [1.29, 1.82) is 0 Å². The van der Waals surface area contributed by atoms with E-state index in [2.05, 4.69) is 58.4 Å². The van der Waals surface area contributed by atoms with E-state index in [0.717, 1.165) is 88.5 Å². The van der Waals surface area contributed by atoms with Crippen molar-refractivity contribution < 1.29 is 9.47 Å². The second kappa shape index (κ2) is 12.2. The normalized spacial score (nSPS) is 21.5. The highest BCUT2D eigenvalue weighted by atomic mass is 16.5. The van der Waals surface area contributed by atoms with Gasteiger partial charge < -0.3 is 34.8 Å². The van der Waals surface area contributed by atoms with Gasteiger partial charge in [-0.1, -0.05) is 6.92 Å². The Bertz CT molecular complexity index is 713. The standard InChI is InChI=1S/C24H42N6O2/c1-6-25-24(26-16-19(2)17-29-11-9-28(3)10-12-29)27-20-7-8-30(18-20)21-13-22(31-4)15-23(14-21)32-5/h13-15,19-20H,6-12,16-18H2,1-5H3,(H2,25,26,27). The predicted octanol–water partition coefficient (Wildman–Crippen LogP) is 1.72. The zero-order valence-corrected chi connectivity index (χ0v) is 20.6. The highest BCUT2D eigenvalue weighted by molar-refractivity contribution is 5.80. The summed E-state index contributed by atoms with van der Waals surface area (Å²) >= 11 is 0. The summed E-state index contributed by atoms with van der Waals surface area (Å²) in [5.41, 5.74) is 1.13. The number of hydrogen-bond donors (Lipinski definition) is 2. The Kier molecular flexibility index (Phi) is 9.29. The van der Waals surface area contributed by atoms with Crippen LogP contribution in [0.3, 0.4) is 0 Å². The molecular weight excluding hydrogens is 404 g/mol. The summed E-state index contributed by atoms with van der Waals surface area (Å²) in [5, 5.41) is 7.08. The van der Waals surface area contributed by atoms with Crippen molar-refractivity contribution in [3.05, 3.63) is 18.2 Å². The van der Waals surface area contributed by atoms with Gasteiger partial charge in [-0.15, -0.1) is 0 Å². The van der Waals surface area contributed by atoms with Crippen LogP contribution < -0.4 is 25.0 Å². The molecule has 0 bridgehead atoms. The van der Waals surface area contributed by atoms with Crippen molar-refractivity contribution in [2.75, 3.05) is 85.1 Å². The lowest BCUT2D eigenvalue weighted by Gasteiger charge is -2.33. The summed E-state index contributed by atoms with van der Waals surface area (Å²) in [5.74, 6) is 3.10. The maximum Gasteiger partial charge on any atom is 0.191 e. The molecule has 180 valence electrons. The molecule has 3 rings (SSSR count). The molecule has 0 saturated carbocycles. The molecule has 2 heterocycles. The van der Waals surface area contributed by atoms with Crippen LogP contribution in [0.5, 0.6) is 11.5 Å². The van der Waals surface area contributed by atoms with Gasteiger partial charge in [-0.25, -0.2) is 0 Å². The maximum absolute atomic E-state index is 5.44. The van der Waals surface area contributed by atoms with Crippen LogP contribution >= 0.6 is 0 Å². The molecule has 2 N–H and O–H groups in total. The van der Waals surface area contributed by atoms with Gasteiger partial charge >= 0.3 is 0 Å². The molecular formula is C24H42N6O2. The first-order valence-electron chi connectivity index (χ1n) is 11.9. The molecule has 0 aromatic heterocycles. The van der Waals surface area contributed by atoms with Gasteiger partial charge in [-0.05, 0) is 26.3 Å². The third-order valence-electron chi connectivity index (χ3n) is 6.30. The molecule has 0 aliphatic carbocycles. The van der Waals surface area contributed by atoms with E-state index >= 15 is 0 Å². The first-order chi connectivity index (χ1) is 15.5. The van der Waals surface area contributed by atoms with E-state index in [4.69, 9.17) is 14.5 Å². The number of aliphatic imine (C=N–C) groups is 1. The Morgan fingerprint density at radius 1 is 1.09 bits per heavy atom. The second-order valence-corrected chi connectivity index (χ2v) is 9.08. The molecule has 2 aliphatic rings. The minimum Gasteiger partial charge on any atom is -0.497 e. The first kappa shape index (κ1) is 24.5. The van der Waals surface area contributed by atoms with Crippen LogP contribution in [0, 0.1) is 5.92 Å². The van der Waals surface area contributed by atoms with Crippen molar-refractivity contribution in [3.63, 3.8) is 0 Å². The number of methoxy groups -OCH3 is 2. The zero-order valence-electron chi connectivity index (χ0n) is 20.6. The van der Waals surface area contributed by atoms with Gasteiger partial charge in [0.05, 0.1) is 14.2 Å². The summed E-state index contributed by atoms with van der Waals surface area (Å²) in [4.78, 5) is 12.3. The molecule has 2 atom stereocenters. The van der Waals surface area contributed by atoms with E-state index in [9.17, 15) is 0 Å². The van der Waals surface area contributed by atoms with Gasteiger partial charge in [0.25, 0.3) is 0 Å². The lowest BCUT2D eigenvalue weighted by atomic mass is 10.1. The molecule has 0 amide bonds. The largest absolute Gasteiger partial charge is 0.497 e. The fraction of sp³-hybridized carbons (Fsp3) is 0.708. The number of guanidine groups is 1. The number of piperazine rings is 1. The average Bonchev–Trinajstić information content (AvgIpc) is 3.27. The van der Waals surface area contributed by atoms with Gasteiger partial charge in [-0.2, -0.15) is 0 Å². The van der Waals surface area contributed by atoms with E-state index in [-0.39, 0.29) is 0 Å². The summed E-state index contributed by atoms with van der Waals surface area (Å²) < 4.78 is 10.9. The molecule has 2 fully saturated rings. The summed E-state index contributed by atoms with van der Waals surface area (Å²) in [6.45, 7) is 13.8. The highest BCUT2D eigenvalue weighted by Crippen LogP contribution is 2.30. The number of hydrogen-bond acceptors (Lipinski definition) is 6. The number of anilines is 1.